The van der Waals surface area contributed by atoms with Crippen LogP contribution in [0, 0.1) is 46.3 Å². The van der Waals surface area contributed by atoms with Crippen LogP contribution >= 0.6 is 0 Å². The third-order valence-corrected chi connectivity index (χ3v) is 14.5. The van der Waals surface area contributed by atoms with Crippen LogP contribution in [0.1, 0.15) is 170 Å². The van der Waals surface area contributed by atoms with E-state index in [9.17, 15) is 0 Å². The number of hydrogen-bond acceptors (Lipinski definition) is 4. The third kappa shape index (κ3) is 11.5. The van der Waals surface area contributed by atoms with Gasteiger partial charge in [0.25, 0.3) is 0 Å². The molecule has 49 heavy (non-hydrogen) atoms. The summed E-state index contributed by atoms with van der Waals surface area (Å²) in [6, 6.07) is 0.354. The molecule has 0 saturated heterocycles. The lowest BCUT2D eigenvalue weighted by Crippen LogP contribution is -2.51. The highest BCUT2D eigenvalue weighted by molar-refractivity contribution is 5.25. The van der Waals surface area contributed by atoms with Gasteiger partial charge in [-0.05, 0) is 131 Å². The van der Waals surface area contributed by atoms with Gasteiger partial charge in [0.1, 0.15) is 0 Å². The van der Waals surface area contributed by atoms with E-state index in [1.54, 1.807) is 5.57 Å². The molecule has 0 N–H and O–H groups in total. The molecule has 0 spiro atoms. The van der Waals surface area contributed by atoms with Crippen molar-refractivity contribution in [3.63, 3.8) is 0 Å². The molecule has 4 aliphatic carbocycles. The lowest BCUT2D eigenvalue weighted by Gasteiger charge is -2.58. The van der Waals surface area contributed by atoms with Crippen LogP contribution in [0.5, 0.6) is 0 Å². The molecule has 0 aromatic rings. The lowest BCUT2D eigenvalue weighted by molar-refractivity contribution is -0.0641. The van der Waals surface area contributed by atoms with Crippen LogP contribution in [0.25, 0.3) is 0 Å². The second-order valence-corrected chi connectivity index (χ2v) is 18.6. The van der Waals surface area contributed by atoms with E-state index < -0.39 is 0 Å². The Morgan fingerprint density at radius 2 is 1.43 bits per heavy atom. The molecule has 4 rings (SSSR count). The first-order valence-corrected chi connectivity index (χ1v) is 21.7. The highest BCUT2D eigenvalue weighted by atomic mass is 16.5. The predicted octanol–water partition coefficient (Wildman–Crippen LogP) is 11.9. The fraction of sp³-hybridized carbons (Fsp3) is 0.956. The maximum absolute atomic E-state index is 6.56. The molecule has 4 nitrogen and oxygen atoms in total. The van der Waals surface area contributed by atoms with Crippen LogP contribution in [0.2, 0.25) is 0 Å². The van der Waals surface area contributed by atoms with Crippen molar-refractivity contribution in [1.29, 1.82) is 0 Å². The number of allylic oxidation sites excluding steroid dienone is 1. The minimum atomic E-state index is 0.354. The molecule has 0 radical (unpaired) electrons. The molecule has 9 atom stereocenters. The van der Waals surface area contributed by atoms with E-state index in [2.05, 4.69) is 66.6 Å². The van der Waals surface area contributed by atoms with E-state index in [1.165, 1.54) is 128 Å². The van der Waals surface area contributed by atoms with Gasteiger partial charge in [-0.15, -0.1) is 0 Å². The molecule has 2 unspecified atom stereocenters. The van der Waals surface area contributed by atoms with Crippen molar-refractivity contribution in [2.24, 2.45) is 46.3 Å². The van der Waals surface area contributed by atoms with Gasteiger partial charge in [0.2, 0.25) is 0 Å². The molecule has 286 valence electrons. The summed E-state index contributed by atoms with van der Waals surface area (Å²) in [5.74, 6) is 5.51. The number of nitrogens with zero attached hydrogens (tertiary/aromatic N) is 1. The monoisotopic (exact) mass is 686 g/mol. The maximum Gasteiger partial charge on any atom is 0.0644 e. The Bertz CT molecular complexity index is 948. The fourth-order valence-corrected chi connectivity index (χ4v) is 11.3. The average molecular weight is 686 g/mol. The number of rotatable bonds is 24. The summed E-state index contributed by atoms with van der Waals surface area (Å²) in [6.07, 6.45) is 29.9. The lowest BCUT2D eigenvalue weighted by atomic mass is 9.47. The van der Waals surface area contributed by atoms with E-state index in [-0.39, 0.29) is 0 Å². The van der Waals surface area contributed by atoms with E-state index in [1.807, 2.05) is 0 Å². The molecule has 0 amide bonds. The van der Waals surface area contributed by atoms with Crippen molar-refractivity contribution in [2.75, 3.05) is 47.1 Å². The second-order valence-electron chi connectivity index (χ2n) is 18.6. The average Bonchev–Trinajstić information content (AvgIpc) is 3.43. The van der Waals surface area contributed by atoms with E-state index in [0.29, 0.717) is 23.0 Å². The minimum absolute atomic E-state index is 0.354. The summed E-state index contributed by atoms with van der Waals surface area (Å²) in [5.41, 5.74) is 2.81. The van der Waals surface area contributed by atoms with Gasteiger partial charge < -0.3 is 19.1 Å². The van der Waals surface area contributed by atoms with Gasteiger partial charge in [-0.3, -0.25) is 0 Å². The Morgan fingerprint density at radius 1 is 0.755 bits per heavy atom. The topological polar surface area (TPSA) is 30.9 Å². The zero-order valence-corrected chi connectivity index (χ0v) is 34.0. The Balaban J connectivity index is 1.08. The molecule has 3 fully saturated rings. The van der Waals surface area contributed by atoms with Crippen molar-refractivity contribution in [1.82, 2.24) is 4.90 Å². The van der Waals surface area contributed by atoms with Crippen LogP contribution in [0.3, 0.4) is 0 Å². The molecule has 0 heterocycles. The predicted molar refractivity (Wildman–Crippen MR) is 209 cm³/mol. The van der Waals surface area contributed by atoms with Gasteiger partial charge in [0, 0.05) is 19.8 Å². The zero-order valence-electron chi connectivity index (χ0n) is 34.0. The number of hydrogen-bond donors (Lipinski definition) is 0. The first-order chi connectivity index (χ1) is 23.6. The van der Waals surface area contributed by atoms with Gasteiger partial charge in [-0.1, -0.05) is 111 Å². The van der Waals surface area contributed by atoms with Gasteiger partial charge in [-0.2, -0.15) is 0 Å². The van der Waals surface area contributed by atoms with Gasteiger partial charge in [-0.25, -0.2) is 0 Å². The standard InChI is InChI=1S/C45H83NO3/c1-9-10-15-29-47-33-38(46(7)8)34-48-30-16-13-11-12-14-17-31-49-39-25-27-44(5)37(32-39)21-22-40-42-24-23-41(36(4)20-18-19-35(2)3)45(42,6)28-26-43(40)44/h21,35-36,38-43H,9-20,22-34H2,1-8H3/t36-,38?,39?,40+,41-,42+,43+,44+,45-/m1/s1. The minimum Gasteiger partial charge on any atom is -0.380 e. The van der Waals surface area contributed by atoms with Crippen LogP contribution in [-0.2, 0) is 14.2 Å². The van der Waals surface area contributed by atoms with E-state index in [4.69, 9.17) is 14.2 Å². The van der Waals surface area contributed by atoms with Gasteiger partial charge in [0.15, 0.2) is 0 Å². The normalized spacial score (nSPS) is 32.5. The summed E-state index contributed by atoms with van der Waals surface area (Å²) < 4.78 is 18.5. The summed E-state index contributed by atoms with van der Waals surface area (Å²) in [4.78, 5) is 2.24. The largest absolute Gasteiger partial charge is 0.380 e. The third-order valence-electron chi connectivity index (χ3n) is 14.5. The molecule has 0 bridgehead atoms. The molecule has 4 aliphatic rings. The van der Waals surface area contributed by atoms with Crippen LogP contribution < -0.4 is 0 Å². The first-order valence-electron chi connectivity index (χ1n) is 21.7. The fourth-order valence-electron chi connectivity index (χ4n) is 11.3. The number of likely N-dealkylation sites (N-methyl/N-ethyl adjacent to an activating group) is 1. The summed E-state index contributed by atoms with van der Waals surface area (Å²) >= 11 is 0. The van der Waals surface area contributed by atoms with Gasteiger partial charge in [0.05, 0.1) is 25.4 Å². The number of ether oxygens (including phenoxy) is 3. The molecule has 4 heteroatoms. The highest BCUT2D eigenvalue weighted by Crippen LogP contribution is 2.67. The summed E-state index contributed by atoms with van der Waals surface area (Å²) in [5, 5.41) is 0. The Hall–Kier alpha value is -0.420. The Labute approximate surface area is 305 Å². The maximum atomic E-state index is 6.56. The smallest absolute Gasteiger partial charge is 0.0644 e. The number of unbranched alkanes of at least 4 members (excludes halogenated alkanes) is 7. The first kappa shape index (κ1) is 41.3. The zero-order chi connectivity index (χ0) is 35.3. The SMILES string of the molecule is CCCCCOCC(COCCCCCCCCOC1CC[C@@]2(C)C(=CC[C@H]3[C@@H]4CC[C@H]([C@H](C)CCCC(C)C)[C@@]4(C)CC[C@@H]32)C1)N(C)C. The van der Waals surface area contributed by atoms with Crippen molar-refractivity contribution in [2.45, 2.75) is 182 Å². The molecule has 0 aromatic carbocycles. The second kappa shape index (κ2) is 20.7. The van der Waals surface area contributed by atoms with Crippen molar-refractivity contribution in [3.8, 4) is 0 Å². The van der Waals surface area contributed by atoms with Crippen LogP contribution in [-0.4, -0.2) is 64.2 Å². The quantitative estimate of drug-likeness (QED) is 0.0747. The number of fused-ring (bicyclic) bond motifs is 5. The molecule has 0 aromatic heterocycles. The Morgan fingerprint density at radius 3 is 2.10 bits per heavy atom. The Kier molecular flexibility index (Phi) is 17.5. The van der Waals surface area contributed by atoms with Crippen molar-refractivity contribution >= 4 is 0 Å². The van der Waals surface area contributed by atoms with Crippen molar-refractivity contribution in [3.05, 3.63) is 11.6 Å². The van der Waals surface area contributed by atoms with E-state index >= 15 is 0 Å². The van der Waals surface area contributed by atoms with Gasteiger partial charge >= 0.3 is 0 Å². The summed E-state index contributed by atoms with van der Waals surface area (Å²) in [7, 11) is 4.26. The molecule has 0 aliphatic heterocycles. The van der Waals surface area contributed by atoms with Crippen LogP contribution in [0.15, 0.2) is 11.6 Å². The summed E-state index contributed by atoms with van der Waals surface area (Å²) in [6.45, 7) is 19.3. The van der Waals surface area contributed by atoms with E-state index in [0.717, 1.165) is 68.5 Å². The highest BCUT2D eigenvalue weighted by Gasteiger charge is 2.59. The molecule has 3 saturated carbocycles. The molecular weight excluding hydrogens is 602 g/mol. The van der Waals surface area contributed by atoms with Crippen molar-refractivity contribution < 1.29 is 14.2 Å². The van der Waals surface area contributed by atoms with Crippen LogP contribution in [0.4, 0.5) is 0 Å². The molecular formula is C45H83NO3.